The number of esters is 1. The summed E-state index contributed by atoms with van der Waals surface area (Å²) in [6, 6.07) is 3.17. The average Bonchev–Trinajstić information content (AvgIpc) is 3.14. The Kier molecular flexibility index (Phi) is 11.1. The van der Waals surface area contributed by atoms with Crippen LogP contribution >= 0.6 is 0 Å². The summed E-state index contributed by atoms with van der Waals surface area (Å²) in [5, 5.41) is 2.43. The van der Waals surface area contributed by atoms with E-state index in [-0.39, 0.29) is 18.0 Å². The van der Waals surface area contributed by atoms with Crippen molar-refractivity contribution in [3.05, 3.63) is 23.5 Å². The molecule has 1 amide bonds. The molecule has 0 unspecified atom stereocenters. The SMILES string of the molecule is CCCCCCCCCCCC(=O)c1ccc(C(=O)NCC(=O)OC)[nH]1. The van der Waals surface area contributed by atoms with Crippen LogP contribution < -0.4 is 5.32 Å². The van der Waals surface area contributed by atoms with Crippen molar-refractivity contribution in [3.63, 3.8) is 0 Å². The number of Topliss-reactive ketones (excluding diaryl/α,β-unsaturated/α-hetero) is 1. The van der Waals surface area contributed by atoms with E-state index in [0.717, 1.165) is 12.8 Å². The summed E-state index contributed by atoms with van der Waals surface area (Å²) in [6.45, 7) is 2.02. The van der Waals surface area contributed by atoms with Crippen molar-refractivity contribution in [2.45, 2.75) is 71.1 Å². The number of nitrogens with one attached hydrogen (secondary N) is 2. The van der Waals surface area contributed by atoms with Gasteiger partial charge < -0.3 is 15.0 Å². The number of hydrogen-bond acceptors (Lipinski definition) is 4. The molecule has 0 saturated carbocycles. The minimum absolute atomic E-state index is 0.0139. The highest BCUT2D eigenvalue weighted by molar-refractivity contribution is 5.99. The third-order valence-electron chi connectivity index (χ3n) is 4.36. The quantitative estimate of drug-likeness (QED) is 0.296. The molecule has 26 heavy (non-hydrogen) atoms. The summed E-state index contributed by atoms with van der Waals surface area (Å²) in [7, 11) is 1.26. The number of amides is 1. The summed E-state index contributed by atoms with van der Waals surface area (Å²) >= 11 is 0. The fourth-order valence-electron chi connectivity index (χ4n) is 2.74. The fourth-order valence-corrected chi connectivity index (χ4v) is 2.74. The van der Waals surface area contributed by atoms with E-state index in [1.165, 1.54) is 52.1 Å². The number of H-pyrrole nitrogens is 1. The standard InChI is InChI=1S/C20H32N2O4/c1-3-4-5-6-7-8-9-10-11-12-18(23)16-13-14-17(22-16)20(25)21-15-19(24)26-2/h13-14,22H,3-12,15H2,1-2H3,(H,21,25). The van der Waals surface area contributed by atoms with Gasteiger partial charge in [0.05, 0.1) is 12.8 Å². The molecule has 0 saturated heterocycles. The van der Waals surface area contributed by atoms with Crippen LogP contribution in [0.25, 0.3) is 0 Å². The van der Waals surface area contributed by atoms with Crippen LogP contribution in [0.4, 0.5) is 0 Å². The van der Waals surface area contributed by atoms with Gasteiger partial charge in [0.25, 0.3) is 5.91 Å². The molecule has 1 aromatic rings. The molecule has 146 valence electrons. The zero-order valence-corrected chi connectivity index (χ0v) is 16.1. The predicted molar refractivity (Wildman–Crippen MR) is 101 cm³/mol. The van der Waals surface area contributed by atoms with E-state index in [1.54, 1.807) is 12.1 Å². The van der Waals surface area contributed by atoms with Crippen molar-refractivity contribution in [1.29, 1.82) is 0 Å². The van der Waals surface area contributed by atoms with Gasteiger partial charge in [-0.15, -0.1) is 0 Å². The van der Waals surface area contributed by atoms with Gasteiger partial charge in [0.15, 0.2) is 5.78 Å². The van der Waals surface area contributed by atoms with E-state index in [2.05, 4.69) is 22.0 Å². The first-order valence-electron chi connectivity index (χ1n) is 9.65. The van der Waals surface area contributed by atoms with Crippen molar-refractivity contribution in [2.75, 3.05) is 13.7 Å². The molecule has 1 rings (SSSR count). The van der Waals surface area contributed by atoms with Crippen molar-refractivity contribution in [2.24, 2.45) is 0 Å². The molecule has 0 aliphatic heterocycles. The Balaban J connectivity index is 2.20. The Labute approximate surface area is 156 Å². The fraction of sp³-hybridized carbons (Fsp3) is 0.650. The van der Waals surface area contributed by atoms with Crippen molar-refractivity contribution in [3.8, 4) is 0 Å². The van der Waals surface area contributed by atoms with Crippen LogP contribution in [0.15, 0.2) is 12.1 Å². The maximum Gasteiger partial charge on any atom is 0.325 e. The van der Waals surface area contributed by atoms with Gasteiger partial charge in [-0.25, -0.2) is 0 Å². The number of ether oxygens (including phenoxy) is 1. The van der Waals surface area contributed by atoms with Gasteiger partial charge in [0, 0.05) is 6.42 Å². The Hall–Kier alpha value is -2.11. The van der Waals surface area contributed by atoms with Gasteiger partial charge in [-0.2, -0.15) is 0 Å². The van der Waals surface area contributed by atoms with Crippen molar-refractivity contribution < 1.29 is 19.1 Å². The smallest absolute Gasteiger partial charge is 0.325 e. The first-order chi connectivity index (χ1) is 12.6. The molecule has 0 fully saturated rings. The number of carbonyl (C=O) groups is 3. The monoisotopic (exact) mass is 364 g/mol. The molecular formula is C20H32N2O4. The van der Waals surface area contributed by atoms with Gasteiger partial charge in [0.1, 0.15) is 12.2 Å². The maximum atomic E-state index is 12.2. The molecule has 1 aromatic heterocycles. The number of carbonyl (C=O) groups excluding carboxylic acids is 3. The molecule has 1 heterocycles. The number of ketones is 1. The van der Waals surface area contributed by atoms with Gasteiger partial charge in [-0.3, -0.25) is 14.4 Å². The Morgan fingerprint density at radius 1 is 0.923 bits per heavy atom. The van der Waals surface area contributed by atoms with Crippen LogP contribution in [0.2, 0.25) is 0 Å². The summed E-state index contributed by atoms with van der Waals surface area (Å²) in [5.74, 6) is -0.941. The third-order valence-corrected chi connectivity index (χ3v) is 4.36. The van der Waals surface area contributed by atoms with Crippen molar-refractivity contribution in [1.82, 2.24) is 10.3 Å². The van der Waals surface area contributed by atoms with E-state index in [4.69, 9.17) is 0 Å². The first-order valence-corrected chi connectivity index (χ1v) is 9.65. The molecule has 0 aromatic carbocycles. The van der Waals surface area contributed by atoms with E-state index < -0.39 is 11.9 Å². The summed E-state index contributed by atoms with van der Waals surface area (Å²) in [5.41, 5.74) is 0.706. The maximum absolute atomic E-state index is 12.2. The van der Waals surface area contributed by atoms with Crippen LogP contribution in [0.3, 0.4) is 0 Å². The van der Waals surface area contributed by atoms with Crippen LogP contribution in [0.5, 0.6) is 0 Å². The molecule has 0 aliphatic rings. The Morgan fingerprint density at radius 2 is 1.50 bits per heavy atom. The van der Waals surface area contributed by atoms with Crippen LogP contribution in [0, 0.1) is 0 Å². The number of unbranched alkanes of at least 4 members (excludes halogenated alkanes) is 8. The molecule has 6 heteroatoms. The first kappa shape index (κ1) is 21.9. The molecule has 0 aliphatic carbocycles. The summed E-state index contributed by atoms with van der Waals surface area (Å²) in [6.07, 6.45) is 11.4. The minimum atomic E-state index is -0.522. The molecule has 2 N–H and O–H groups in total. The van der Waals surface area contributed by atoms with Crippen LogP contribution in [-0.2, 0) is 9.53 Å². The molecule has 6 nitrogen and oxygen atoms in total. The molecule has 0 atom stereocenters. The molecule has 0 radical (unpaired) electrons. The summed E-state index contributed by atoms with van der Waals surface area (Å²) < 4.78 is 4.46. The van der Waals surface area contributed by atoms with E-state index in [1.807, 2.05) is 0 Å². The number of rotatable bonds is 14. The largest absolute Gasteiger partial charge is 0.468 e. The number of aromatic amines is 1. The lowest BCUT2D eigenvalue weighted by atomic mass is 10.0. The highest BCUT2D eigenvalue weighted by Crippen LogP contribution is 2.12. The third kappa shape index (κ3) is 8.83. The second-order valence-electron chi connectivity index (χ2n) is 6.55. The number of aromatic nitrogens is 1. The second kappa shape index (κ2) is 13.1. The second-order valence-corrected chi connectivity index (χ2v) is 6.55. The van der Waals surface area contributed by atoms with Gasteiger partial charge in [-0.1, -0.05) is 58.3 Å². The zero-order valence-electron chi connectivity index (χ0n) is 16.1. The highest BCUT2D eigenvalue weighted by atomic mass is 16.5. The lowest BCUT2D eigenvalue weighted by Crippen LogP contribution is -2.30. The Bertz CT molecular complexity index is 566. The summed E-state index contributed by atoms with van der Waals surface area (Å²) in [4.78, 5) is 37.9. The zero-order chi connectivity index (χ0) is 19.2. The topological polar surface area (TPSA) is 88.3 Å². The predicted octanol–water partition coefficient (Wildman–Crippen LogP) is 4.02. The molecule has 0 spiro atoms. The highest BCUT2D eigenvalue weighted by Gasteiger charge is 2.13. The number of methoxy groups -OCH3 is 1. The van der Waals surface area contributed by atoms with Crippen molar-refractivity contribution >= 4 is 17.7 Å². The van der Waals surface area contributed by atoms with E-state index >= 15 is 0 Å². The number of hydrogen-bond donors (Lipinski definition) is 2. The van der Waals surface area contributed by atoms with Crippen LogP contribution in [-0.4, -0.2) is 36.3 Å². The van der Waals surface area contributed by atoms with Crippen LogP contribution in [0.1, 0.15) is 92.1 Å². The lowest BCUT2D eigenvalue weighted by molar-refractivity contribution is -0.139. The van der Waals surface area contributed by atoms with Gasteiger partial charge >= 0.3 is 5.97 Å². The molecule has 0 bridgehead atoms. The lowest BCUT2D eigenvalue weighted by Gasteiger charge is -2.03. The normalized spacial score (nSPS) is 10.5. The average molecular weight is 364 g/mol. The van der Waals surface area contributed by atoms with Gasteiger partial charge in [0.2, 0.25) is 0 Å². The van der Waals surface area contributed by atoms with E-state index in [0.29, 0.717) is 12.1 Å². The minimum Gasteiger partial charge on any atom is -0.468 e. The van der Waals surface area contributed by atoms with E-state index in [9.17, 15) is 14.4 Å². The Morgan fingerprint density at radius 3 is 2.12 bits per heavy atom. The molecular weight excluding hydrogens is 332 g/mol. The van der Waals surface area contributed by atoms with Gasteiger partial charge in [-0.05, 0) is 18.6 Å².